The predicted octanol–water partition coefficient (Wildman–Crippen LogP) is -11.4. The number of carbonyl (C=O) groups is 2. The van der Waals surface area contributed by atoms with Crippen LogP contribution in [0.15, 0.2) is 0 Å². The van der Waals surface area contributed by atoms with Crippen molar-refractivity contribution in [2.45, 2.75) is 105 Å². The van der Waals surface area contributed by atoms with E-state index in [0.29, 0.717) is 0 Å². The summed E-state index contributed by atoms with van der Waals surface area (Å²) in [7, 11) is 0. The minimum absolute atomic E-state index is 0.180. The highest BCUT2D eigenvalue weighted by atomic mass is 16.6. The second kappa shape index (κ2) is 44.9. The molecule has 442 valence electrons. The van der Waals surface area contributed by atoms with Crippen molar-refractivity contribution in [2.75, 3.05) is 159 Å². The average Bonchev–Trinajstić information content (AvgIpc) is 3.34. The number of aliphatic hydroxyl groups is 17. The van der Waals surface area contributed by atoms with Gasteiger partial charge < -0.3 is 144 Å². The monoisotopic (exact) mass is 1100 g/mol. The lowest BCUT2D eigenvalue weighted by Gasteiger charge is -2.26. The van der Waals surface area contributed by atoms with Gasteiger partial charge in [0, 0.05) is 6.54 Å². The van der Waals surface area contributed by atoms with Crippen molar-refractivity contribution in [3.63, 3.8) is 0 Å². The van der Waals surface area contributed by atoms with Crippen LogP contribution in [0.2, 0.25) is 0 Å². The smallest absolute Gasteiger partial charge is 0.251 e. The van der Waals surface area contributed by atoms with Gasteiger partial charge in [0.05, 0.1) is 158 Å². The zero-order valence-corrected chi connectivity index (χ0v) is 41.6. The molecule has 74 heavy (non-hydrogen) atoms. The number of nitrogens with one attached hydrogen (secondary N) is 1. The summed E-state index contributed by atoms with van der Waals surface area (Å²) in [5, 5.41) is 169. The summed E-state index contributed by atoms with van der Waals surface area (Å²) in [5.74, 6) is -1.48. The van der Waals surface area contributed by atoms with Crippen LogP contribution in [-0.4, -0.2) is 355 Å². The molecule has 0 radical (unpaired) electrons. The topological polar surface area (TPSA) is 492 Å². The third kappa shape index (κ3) is 40.3. The van der Waals surface area contributed by atoms with Crippen LogP contribution in [0.3, 0.4) is 0 Å². The SMILES string of the molecule is CC(=O)C(O)COCC(O)COCC(O)COCC(O)COCC(O)COCC(O)COCC(O)COCC(O)COCC(O)COCC(O)COCC(O)COCC(O)C(=O)NC[C@H](O)[C@@H](O)[C@H](O)[C@H](O)CO. The Morgan fingerprint density at radius 3 is 0.703 bits per heavy atom. The number of hydrogen-bond acceptors (Lipinski definition) is 30. The maximum absolute atomic E-state index is 12.0. The molecule has 0 aromatic rings. The van der Waals surface area contributed by atoms with Gasteiger partial charge in [-0.05, 0) is 6.92 Å². The lowest BCUT2D eigenvalue weighted by molar-refractivity contribution is -0.136. The highest BCUT2D eigenvalue weighted by Crippen LogP contribution is 2.05. The third-order valence-electron chi connectivity index (χ3n) is 9.34. The lowest BCUT2D eigenvalue weighted by atomic mass is 10.0. The van der Waals surface area contributed by atoms with Gasteiger partial charge in [0.1, 0.15) is 85.5 Å². The minimum atomic E-state index is -1.91. The summed E-state index contributed by atoms with van der Waals surface area (Å²) in [6.07, 6.45) is -21.5. The van der Waals surface area contributed by atoms with Gasteiger partial charge in [0.15, 0.2) is 11.9 Å². The van der Waals surface area contributed by atoms with Crippen LogP contribution in [0.5, 0.6) is 0 Å². The molecule has 0 saturated heterocycles. The van der Waals surface area contributed by atoms with Crippen LogP contribution in [0.25, 0.3) is 0 Å². The molecule has 0 fully saturated rings. The minimum Gasteiger partial charge on any atom is -0.394 e. The first kappa shape index (κ1) is 72.0. The molecular weight excluding hydrogens is 1010 g/mol. The van der Waals surface area contributed by atoms with E-state index in [1.165, 1.54) is 6.92 Å². The van der Waals surface area contributed by atoms with Crippen LogP contribution >= 0.6 is 0 Å². The Kier molecular flexibility index (Phi) is 43.7. The second-order valence-electron chi connectivity index (χ2n) is 17.1. The summed E-state index contributed by atoms with van der Waals surface area (Å²) in [4.78, 5) is 22.9. The molecule has 18 N–H and O–H groups in total. The Bertz CT molecular complexity index is 1340. The van der Waals surface area contributed by atoms with E-state index in [0.717, 1.165) is 0 Å². The van der Waals surface area contributed by atoms with Crippen molar-refractivity contribution in [3.8, 4) is 0 Å². The van der Waals surface area contributed by atoms with Crippen LogP contribution < -0.4 is 5.32 Å². The molecule has 31 nitrogen and oxygen atoms in total. The Labute approximate surface area is 428 Å². The van der Waals surface area contributed by atoms with Gasteiger partial charge in [0.2, 0.25) is 0 Å². The number of carbonyl (C=O) groups excluding carboxylic acids is 2. The fourth-order valence-electron chi connectivity index (χ4n) is 5.37. The lowest BCUT2D eigenvalue weighted by Crippen LogP contribution is -2.51. The maximum Gasteiger partial charge on any atom is 0.251 e. The molecule has 0 aromatic carbocycles. The standard InChI is InChI=1S/C43H85NO30/c1-26(46)39(59)24-73-22-35(55)20-71-18-33(53)16-69-14-31(51)12-67-10-29(49)8-65-6-27(47)4-64-5-28(48)7-66-9-30(50)11-68-13-32(52)15-70-17-34(54)19-72-21-36(56)23-74-25-40(60)43(63)44-2-37(57)41(61)42(62)38(58)3-45/h27-42,45,47-62H,2-25H2,1H3,(H,44,63)/t27?,28?,29?,30?,31?,32?,33?,34?,35?,36?,37-,38+,39?,40?,41+,42+/m0/s1. The van der Waals surface area contributed by atoms with Gasteiger partial charge in [-0.3, -0.25) is 9.59 Å². The molecule has 0 aliphatic heterocycles. The van der Waals surface area contributed by atoms with E-state index in [-0.39, 0.29) is 139 Å². The van der Waals surface area contributed by atoms with Crippen molar-refractivity contribution in [2.24, 2.45) is 0 Å². The summed E-state index contributed by atoms with van der Waals surface area (Å²) < 4.78 is 57.0. The largest absolute Gasteiger partial charge is 0.394 e. The van der Waals surface area contributed by atoms with Crippen LogP contribution in [0, 0.1) is 0 Å². The van der Waals surface area contributed by atoms with Crippen molar-refractivity contribution in [1.29, 1.82) is 0 Å². The summed E-state index contributed by atoms with van der Waals surface area (Å²) in [5.41, 5.74) is 0. The van der Waals surface area contributed by atoms with Gasteiger partial charge in [-0.2, -0.15) is 0 Å². The molecule has 12 unspecified atom stereocenters. The van der Waals surface area contributed by atoms with Gasteiger partial charge in [0.25, 0.3) is 5.91 Å². The maximum atomic E-state index is 12.0. The van der Waals surface area contributed by atoms with Gasteiger partial charge >= 0.3 is 0 Å². The molecule has 0 aromatic heterocycles. The van der Waals surface area contributed by atoms with E-state index < -0.39 is 129 Å². The fourth-order valence-corrected chi connectivity index (χ4v) is 5.37. The van der Waals surface area contributed by atoms with Gasteiger partial charge in [-0.15, -0.1) is 0 Å². The Hall–Kier alpha value is -1.98. The van der Waals surface area contributed by atoms with Crippen molar-refractivity contribution < 1.29 is 149 Å². The first-order valence-corrected chi connectivity index (χ1v) is 23.7. The van der Waals surface area contributed by atoms with E-state index in [9.17, 15) is 91.3 Å². The third-order valence-corrected chi connectivity index (χ3v) is 9.34. The molecule has 0 bridgehead atoms. The molecule has 0 spiro atoms. The molecular formula is C43H85NO30. The normalized spacial score (nSPS) is 18.7. The predicted molar refractivity (Wildman–Crippen MR) is 246 cm³/mol. The van der Waals surface area contributed by atoms with Crippen molar-refractivity contribution in [3.05, 3.63) is 0 Å². The number of ketones is 1. The quantitative estimate of drug-likeness (QED) is 0.0269. The number of ether oxygens (including phenoxy) is 11. The summed E-state index contributed by atoms with van der Waals surface area (Å²) in [6.45, 7) is -5.80. The molecule has 1 amide bonds. The highest BCUT2D eigenvalue weighted by Gasteiger charge is 2.31. The van der Waals surface area contributed by atoms with Gasteiger partial charge in [-0.25, -0.2) is 0 Å². The molecule has 0 aliphatic carbocycles. The number of aliphatic hydroxyl groups excluding tert-OH is 17. The summed E-state index contributed by atoms with van der Waals surface area (Å²) in [6, 6.07) is 0. The average molecular weight is 1100 g/mol. The van der Waals surface area contributed by atoms with E-state index in [2.05, 4.69) is 5.32 Å². The first-order chi connectivity index (χ1) is 35.0. The fraction of sp³-hybridized carbons (Fsp3) is 0.953. The van der Waals surface area contributed by atoms with Gasteiger partial charge in [-0.1, -0.05) is 0 Å². The van der Waals surface area contributed by atoms with Crippen LogP contribution in [0.1, 0.15) is 6.92 Å². The number of rotatable bonds is 52. The zero-order valence-electron chi connectivity index (χ0n) is 41.6. The second-order valence-corrected chi connectivity index (χ2v) is 17.1. The van der Waals surface area contributed by atoms with Crippen LogP contribution in [-0.2, 0) is 61.7 Å². The van der Waals surface area contributed by atoms with E-state index in [1.54, 1.807) is 0 Å². The molecule has 0 rings (SSSR count). The molecule has 0 saturated carbocycles. The van der Waals surface area contributed by atoms with Crippen LogP contribution in [0.4, 0.5) is 0 Å². The number of Topliss-reactive ketones (excluding diaryl/α,β-unsaturated/α-hetero) is 1. The zero-order chi connectivity index (χ0) is 55.8. The Balaban J connectivity index is 3.86. The highest BCUT2D eigenvalue weighted by molar-refractivity contribution is 5.80. The molecule has 31 heteroatoms. The Morgan fingerprint density at radius 2 is 0.500 bits per heavy atom. The number of hydrogen-bond donors (Lipinski definition) is 18. The molecule has 0 heterocycles. The van der Waals surface area contributed by atoms with E-state index >= 15 is 0 Å². The molecule has 0 aliphatic rings. The van der Waals surface area contributed by atoms with E-state index in [4.69, 9.17) is 57.2 Å². The van der Waals surface area contributed by atoms with Crippen molar-refractivity contribution in [1.82, 2.24) is 5.32 Å². The Morgan fingerprint density at radius 1 is 0.311 bits per heavy atom. The summed E-state index contributed by atoms with van der Waals surface area (Å²) >= 11 is 0. The molecule has 16 atom stereocenters. The van der Waals surface area contributed by atoms with Crippen molar-refractivity contribution >= 4 is 11.7 Å². The number of amides is 1. The van der Waals surface area contributed by atoms with E-state index in [1.807, 2.05) is 0 Å². The first-order valence-electron chi connectivity index (χ1n) is 23.7.